The Morgan fingerprint density at radius 2 is 2.33 bits per heavy atom. The van der Waals surface area contributed by atoms with Gasteiger partial charge in [0.15, 0.2) is 0 Å². The average molecular weight is 228 g/mol. The van der Waals surface area contributed by atoms with Crippen LogP contribution in [0.2, 0.25) is 0 Å². The van der Waals surface area contributed by atoms with Crippen LogP contribution in [0.3, 0.4) is 0 Å². The summed E-state index contributed by atoms with van der Waals surface area (Å²) in [6.07, 6.45) is 4.99. The van der Waals surface area contributed by atoms with Crippen LogP contribution in [-0.2, 0) is 0 Å². The SMILES string of the molecule is CC=C(CCl)C1(C)CC=C(N(C)C)N=N1. The van der Waals surface area contributed by atoms with Gasteiger partial charge in [-0.15, -0.1) is 16.7 Å². The summed E-state index contributed by atoms with van der Waals surface area (Å²) >= 11 is 5.89. The van der Waals surface area contributed by atoms with Crippen molar-refractivity contribution in [2.24, 2.45) is 10.2 Å². The van der Waals surface area contributed by atoms with Crippen LogP contribution in [0.4, 0.5) is 0 Å². The molecule has 0 fully saturated rings. The van der Waals surface area contributed by atoms with Crippen LogP contribution >= 0.6 is 11.6 Å². The largest absolute Gasteiger partial charge is 0.362 e. The van der Waals surface area contributed by atoms with Gasteiger partial charge in [0, 0.05) is 20.0 Å². The first-order valence-corrected chi connectivity index (χ1v) is 5.59. The number of rotatable bonds is 3. The second-order valence-electron chi connectivity index (χ2n) is 4.08. The van der Waals surface area contributed by atoms with Crippen molar-refractivity contribution in [3.8, 4) is 0 Å². The van der Waals surface area contributed by atoms with Gasteiger partial charge in [-0.25, -0.2) is 0 Å². The molecule has 15 heavy (non-hydrogen) atoms. The van der Waals surface area contributed by atoms with Gasteiger partial charge in [-0.05, 0) is 31.9 Å². The third-order valence-electron chi connectivity index (χ3n) is 2.70. The van der Waals surface area contributed by atoms with E-state index in [2.05, 4.69) is 23.2 Å². The number of azo groups is 1. The lowest BCUT2D eigenvalue weighted by Gasteiger charge is -2.28. The first-order valence-electron chi connectivity index (χ1n) is 5.05. The van der Waals surface area contributed by atoms with E-state index < -0.39 is 0 Å². The fourth-order valence-corrected chi connectivity index (χ4v) is 1.97. The third kappa shape index (κ3) is 2.59. The van der Waals surface area contributed by atoms with E-state index in [4.69, 9.17) is 11.6 Å². The van der Waals surface area contributed by atoms with Crippen molar-refractivity contribution in [3.63, 3.8) is 0 Å². The second kappa shape index (κ2) is 4.79. The Morgan fingerprint density at radius 3 is 2.67 bits per heavy atom. The highest BCUT2D eigenvalue weighted by molar-refractivity contribution is 6.19. The van der Waals surface area contributed by atoms with E-state index in [1.165, 1.54) is 0 Å². The maximum absolute atomic E-state index is 5.89. The molecule has 1 rings (SSSR count). The molecule has 0 bridgehead atoms. The number of hydrogen-bond acceptors (Lipinski definition) is 3. The average Bonchev–Trinajstić information content (AvgIpc) is 2.19. The van der Waals surface area contributed by atoms with Crippen LogP contribution in [0.15, 0.2) is 33.8 Å². The minimum atomic E-state index is -0.254. The molecule has 0 aromatic carbocycles. The first kappa shape index (κ1) is 12.2. The van der Waals surface area contributed by atoms with E-state index >= 15 is 0 Å². The molecule has 1 atom stereocenters. The number of alkyl halides is 1. The number of hydrogen-bond donors (Lipinski definition) is 0. The van der Waals surface area contributed by atoms with Crippen LogP contribution in [0.1, 0.15) is 20.3 Å². The summed E-state index contributed by atoms with van der Waals surface area (Å²) < 4.78 is 0. The molecule has 0 saturated heterocycles. The van der Waals surface area contributed by atoms with Gasteiger partial charge in [0.25, 0.3) is 0 Å². The lowest BCUT2D eigenvalue weighted by Crippen LogP contribution is -2.28. The summed E-state index contributed by atoms with van der Waals surface area (Å²) in [6, 6.07) is 0. The standard InChI is InChI=1S/C11H18ClN3/c1-5-9(8-12)11(2)7-6-10(13-14-11)15(3)4/h5-6H,7-8H2,1-4H3. The van der Waals surface area contributed by atoms with Crippen LogP contribution in [-0.4, -0.2) is 30.4 Å². The summed E-state index contributed by atoms with van der Waals surface area (Å²) in [5.41, 5.74) is 0.873. The Kier molecular flexibility index (Phi) is 3.91. The molecule has 1 unspecified atom stereocenters. The van der Waals surface area contributed by atoms with E-state index in [-0.39, 0.29) is 5.54 Å². The van der Waals surface area contributed by atoms with Gasteiger partial charge in [-0.3, -0.25) is 0 Å². The van der Waals surface area contributed by atoms with Gasteiger partial charge in [0.1, 0.15) is 11.4 Å². The lowest BCUT2D eigenvalue weighted by molar-refractivity contribution is 0.438. The Balaban J connectivity index is 2.84. The normalized spacial score (nSPS) is 26.5. The zero-order valence-corrected chi connectivity index (χ0v) is 10.5. The lowest BCUT2D eigenvalue weighted by atomic mass is 9.89. The molecule has 0 spiro atoms. The highest BCUT2D eigenvalue weighted by Crippen LogP contribution is 2.31. The molecule has 3 nitrogen and oxygen atoms in total. The Morgan fingerprint density at radius 1 is 1.67 bits per heavy atom. The molecule has 84 valence electrons. The topological polar surface area (TPSA) is 28.0 Å². The van der Waals surface area contributed by atoms with E-state index in [0.717, 1.165) is 17.8 Å². The smallest absolute Gasteiger partial charge is 0.146 e. The molecule has 0 amide bonds. The van der Waals surface area contributed by atoms with Crippen LogP contribution in [0.25, 0.3) is 0 Å². The van der Waals surface area contributed by atoms with Gasteiger partial charge >= 0.3 is 0 Å². The van der Waals surface area contributed by atoms with Crippen molar-refractivity contribution >= 4 is 11.6 Å². The van der Waals surface area contributed by atoms with Crippen molar-refractivity contribution in [1.29, 1.82) is 0 Å². The molecule has 1 aliphatic heterocycles. The molecule has 1 heterocycles. The highest BCUT2D eigenvalue weighted by atomic mass is 35.5. The van der Waals surface area contributed by atoms with Crippen molar-refractivity contribution < 1.29 is 0 Å². The van der Waals surface area contributed by atoms with Crippen molar-refractivity contribution in [1.82, 2.24) is 4.90 Å². The molecular weight excluding hydrogens is 210 g/mol. The van der Waals surface area contributed by atoms with Crippen LogP contribution in [0.5, 0.6) is 0 Å². The Bertz CT molecular complexity index is 318. The molecule has 0 aromatic heterocycles. The Hall–Kier alpha value is -0.830. The van der Waals surface area contributed by atoms with E-state index in [0.29, 0.717) is 5.88 Å². The van der Waals surface area contributed by atoms with E-state index in [1.807, 2.05) is 32.0 Å². The maximum atomic E-state index is 5.89. The predicted octanol–water partition coefficient (Wildman–Crippen LogP) is 3.19. The molecule has 0 aliphatic carbocycles. The maximum Gasteiger partial charge on any atom is 0.146 e. The minimum Gasteiger partial charge on any atom is -0.362 e. The summed E-state index contributed by atoms with van der Waals surface area (Å²) in [5.74, 6) is 1.43. The molecule has 0 N–H and O–H groups in total. The fourth-order valence-electron chi connectivity index (χ4n) is 1.53. The zero-order valence-electron chi connectivity index (χ0n) is 9.79. The molecule has 0 saturated carbocycles. The second-order valence-corrected chi connectivity index (χ2v) is 4.35. The van der Waals surface area contributed by atoms with E-state index in [1.54, 1.807) is 0 Å². The molecule has 0 aromatic rings. The Labute approximate surface area is 96.5 Å². The predicted molar refractivity (Wildman–Crippen MR) is 64.1 cm³/mol. The molecule has 0 radical (unpaired) electrons. The monoisotopic (exact) mass is 227 g/mol. The quantitative estimate of drug-likeness (QED) is 0.538. The fraction of sp³-hybridized carbons (Fsp3) is 0.636. The van der Waals surface area contributed by atoms with Gasteiger partial charge in [-0.1, -0.05) is 6.08 Å². The first-order chi connectivity index (χ1) is 7.03. The van der Waals surface area contributed by atoms with Crippen molar-refractivity contribution in [2.75, 3.05) is 20.0 Å². The van der Waals surface area contributed by atoms with Crippen molar-refractivity contribution in [2.45, 2.75) is 25.8 Å². The van der Waals surface area contributed by atoms with Crippen LogP contribution < -0.4 is 0 Å². The minimum absolute atomic E-state index is 0.254. The van der Waals surface area contributed by atoms with E-state index in [9.17, 15) is 0 Å². The molecule has 4 heteroatoms. The van der Waals surface area contributed by atoms with Crippen molar-refractivity contribution in [3.05, 3.63) is 23.5 Å². The zero-order chi connectivity index (χ0) is 11.5. The molecule has 1 aliphatic rings. The molecular formula is C11H18ClN3. The number of nitrogens with zero attached hydrogens (tertiary/aromatic N) is 3. The van der Waals surface area contributed by atoms with Gasteiger partial charge in [0.2, 0.25) is 0 Å². The highest BCUT2D eigenvalue weighted by Gasteiger charge is 2.29. The van der Waals surface area contributed by atoms with Gasteiger partial charge < -0.3 is 4.90 Å². The van der Waals surface area contributed by atoms with Crippen LogP contribution in [0, 0.1) is 0 Å². The van der Waals surface area contributed by atoms with Gasteiger partial charge in [-0.2, -0.15) is 5.11 Å². The summed E-state index contributed by atoms with van der Waals surface area (Å²) in [7, 11) is 3.93. The summed E-state index contributed by atoms with van der Waals surface area (Å²) in [5, 5.41) is 8.58. The van der Waals surface area contributed by atoms with Gasteiger partial charge in [0.05, 0.1) is 0 Å². The summed E-state index contributed by atoms with van der Waals surface area (Å²) in [6.45, 7) is 4.06. The third-order valence-corrected chi connectivity index (χ3v) is 2.99. The number of allylic oxidation sites excluding steroid dienone is 1. The summed E-state index contributed by atoms with van der Waals surface area (Å²) in [4.78, 5) is 1.96. The number of halogens is 1.